The van der Waals surface area contributed by atoms with E-state index in [-0.39, 0.29) is 37.0 Å². The largest absolute Gasteiger partial charge is 0.481 e. The fourth-order valence-corrected chi connectivity index (χ4v) is 2.43. The van der Waals surface area contributed by atoms with E-state index in [1.165, 1.54) is 15.8 Å². The first kappa shape index (κ1) is 14.9. The minimum Gasteiger partial charge on any atom is -0.481 e. The van der Waals surface area contributed by atoms with Crippen LogP contribution in [0.5, 0.6) is 0 Å². The first-order chi connectivity index (χ1) is 9.88. The average Bonchev–Trinajstić information content (AvgIpc) is 3.02. The molecule has 2 atom stereocenters. The molecule has 9 nitrogen and oxygen atoms in total. The molecule has 21 heavy (non-hydrogen) atoms. The Balaban J connectivity index is 1.87. The average molecular weight is 296 g/mol. The third-order valence-electron chi connectivity index (χ3n) is 3.67. The van der Waals surface area contributed by atoms with E-state index in [1.807, 2.05) is 6.92 Å². The van der Waals surface area contributed by atoms with Crippen LogP contribution in [-0.2, 0) is 16.1 Å². The van der Waals surface area contributed by atoms with E-state index in [2.05, 4.69) is 5.10 Å². The molecule has 0 spiro atoms. The lowest BCUT2D eigenvalue weighted by molar-refractivity contribution is -0.385. The quantitative estimate of drug-likeness (QED) is 0.619. The molecule has 1 aromatic heterocycles. The van der Waals surface area contributed by atoms with Crippen LogP contribution in [0, 0.1) is 22.0 Å². The van der Waals surface area contributed by atoms with Gasteiger partial charge in [-0.1, -0.05) is 6.92 Å². The zero-order valence-corrected chi connectivity index (χ0v) is 11.5. The molecule has 0 aliphatic carbocycles. The Kier molecular flexibility index (Phi) is 4.20. The van der Waals surface area contributed by atoms with Crippen molar-refractivity contribution >= 4 is 17.6 Å². The summed E-state index contributed by atoms with van der Waals surface area (Å²) in [7, 11) is 0. The molecule has 0 aromatic carbocycles. The van der Waals surface area contributed by atoms with Crippen LogP contribution >= 0.6 is 0 Å². The number of hydrogen-bond donors (Lipinski definition) is 1. The van der Waals surface area contributed by atoms with Gasteiger partial charge in [0.1, 0.15) is 12.4 Å². The molecule has 0 saturated carbocycles. The van der Waals surface area contributed by atoms with Gasteiger partial charge in [-0.3, -0.25) is 24.4 Å². The van der Waals surface area contributed by atoms with Gasteiger partial charge >= 0.3 is 11.7 Å². The van der Waals surface area contributed by atoms with Gasteiger partial charge in [0.25, 0.3) is 0 Å². The number of aryl methyl sites for hydroxylation is 1. The predicted molar refractivity (Wildman–Crippen MR) is 70.4 cm³/mol. The Hall–Kier alpha value is -2.45. The Morgan fingerprint density at radius 1 is 1.52 bits per heavy atom. The maximum absolute atomic E-state index is 12.0. The summed E-state index contributed by atoms with van der Waals surface area (Å²) < 4.78 is 1.34. The number of aromatic nitrogens is 2. The van der Waals surface area contributed by atoms with E-state index in [1.54, 1.807) is 0 Å². The number of nitrogens with zero attached hydrogens (tertiary/aromatic N) is 4. The molecular formula is C12H16N4O5. The summed E-state index contributed by atoms with van der Waals surface area (Å²) in [6.45, 7) is 2.68. The molecule has 1 N–H and O–H groups in total. The van der Waals surface area contributed by atoms with Crippen molar-refractivity contribution < 1.29 is 19.6 Å². The maximum atomic E-state index is 12.0. The van der Waals surface area contributed by atoms with Crippen LogP contribution in [-0.4, -0.2) is 49.7 Å². The SMILES string of the molecule is C[C@@H]1CN(C(=O)CCn2cc([N+](=O)[O-])cn2)C[C@H]1C(=O)O. The van der Waals surface area contributed by atoms with E-state index >= 15 is 0 Å². The van der Waals surface area contributed by atoms with E-state index in [0.29, 0.717) is 6.54 Å². The van der Waals surface area contributed by atoms with E-state index in [0.717, 1.165) is 6.20 Å². The molecule has 0 radical (unpaired) electrons. The first-order valence-electron chi connectivity index (χ1n) is 6.56. The van der Waals surface area contributed by atoms with E-state index < -0.39 is 16.8 Å². The highest BCUT2D eigenvalue weighted by molar-refractivity contribution is 5.78. The summed E-state index contributed by atoms with van der Waals surface area (Å²) in [6, 6.07) is 0. The van der Waals surface area contributed by atoms with Crippen molar-refractivity contribution in [1.29, 1.82) is 0 Å². The summed E-state index contributed by atoms with van der Waals surface area (Å²) in [5, 5.41) is 23.4. The second kappa shape index (κ2) is 5.90. The summed E-state index contributed by atoms with van der Waals surface area (Å²) in [5.41, 5.74) is -0.122. The van der Waals surface area contributed by atoms with Gasteiger partial charge in [0.15, 0.2) is 0 Å². The topological polar surface area (TPSA) is 119 Å². The van der Waals surface area contributed by atoms with Crippen molar-refractivity contribution in [3.63, 3.8) is 0 Å². The van der Waals surface area contributed by atoms with Gasteiger partial charge < -0.3 is 10.0 Å². The van der Waals surface area contributed by atoms with Gasteiger partial charge in [-0.15, -0.1) is 0 Å². The lowest BCUT2D eigenvalue weighted by Gasteiger charge is -2.15. The molecule has 114 valence electrons. The van der Waals surface area contributed by atoms with Crippen LogP contribution in [0.4, 0.5) is 5.69 Å². The van der Waals surface area contributed by atoms with Crippen LogP contribution in [0.3, 0.4) is 0 Å². The molecule has 0 bridgehead atoms. The molecule has 9 heteroatoms. The Labute approximate surface area is 120 Å². The van der Waals surface area contributed by atoms with Crippen LogP contribution in [0.1, 0.15) is 13.3 Å². The second-order valence-corrected chi connectivity index (χ2v) is 5.19. The number of carboxylic acid groups (broad SMARTS) is 1. The van der Waals surface area contributed by atoms with Gasteiger partial charge in [0.2, 0.25) is 5.91 Å². The number of aliphatic carboxylic acids is 1. The van der Waals surface area contributed by atoms with Crippen molar-refractivity contribution in [3.8, 4) is 0 Å². The lowest BCUT2D eigenvalue weighted by atomic mass is 9.99. The highest BCUT2D eigenvalue weighted by Gasteiger charge is 2.36. The standard InChI is InChI=1S/C12H16N4O5/c1-8-5-14(7-10(8)12(18)19)11(17)2-3-15-6-9(4-13-15)16(20)21/h4,6,8,10H,2-3,5,7H2,1H3,(H,18,19)/t8-,10-/m1/s1. The molecule has 1 amide bonds. The Bertz CT molecular complexity index is 570. The molecule has 1 aliphatic rings. The molecule has 2 rings (SSSR count). The number of hydrogen-bond acceptors (Lipinski definition) is 5. The maximum Gasteiger partial charge on any atom is 0.308 e. The highest BCUT2D eigenvalue weighted by Crippen LogP contribution is 2.23. The van der Waals surface area contributed by atoms with Gasteiger partial charge in [0, 0.05) is 26.1 Å². The third kappa shape index (κ3) is 3.36. The lowest BCUT2D eigenvalue weighted by Crippen LogP contribution is -2.30. The van der Waals surface area contributed by atoms with Crippen molar-refractivity contribution in [3.05, 3.63) is 22.5 Å². The molecular weight excluding hydrogens is 280 g/mol. The summed E-state index contributed by atoms with van der Waals surface area (Å²) >= 11 is 0. The van der Waals surface area contributed by atoms with Crippen molar-refractivity contribution in [2.45, 2.75) is 19.9 Å². The fourth-order valence-electron chi connectivity index (χ4n) is 2.43. The predicted octanol–water partition coefficient (Wildman–Crippen LogP) is 0.360. The zero-order valence-electron chi connectivity index (χ0n) is 11.5. The zero-order chi connectivity index (χ0) is 15.6. The fraction of sp³-hybridized carbons (Fsp3) is 0.583. The minimum absolute atomic E-state index is 0.0720. The summed E-state index contributed by atoms with van der Waals surface area (Å²) in [5.74, 6) is -1.65. The van der Waals surface area contributed by atoms with Gasteiger partial charge in [-0.05, 0) is 5.92 Å². The van der Waals surface area contributed by atoms with E-state index in [4.69, 9.17) is 5.11 Å². The third-order valence-corrected chi connectivity index (χ3v) is 3.67. The molecule has 1 saturated heterocycles. The first-order valence-corrected chi connectivity index (χ1v) is 6.56. The molecule has 1 aliphatic heterocycles. The molecule has 1 fully saturated rings. The highest BCUT2D eigenvalue weighted by atomic mass is 16.6. The van der Waals surface area contributed by atoms with Crippen molar-refractivity contribution in [2.24, 2.45) is 11.8 Å². The van der Waals surface area contributed by atoms with Crippen LogP contribution in [0.25, 0.3) is 0 Å². The van der Waals surface area contributed by atoms with Gasteiger partial charge in [0.05, 0.1) is 10.8 Å². The number of carbonyl (C=O) groups is 2. The smallest absolute Gasteiger partial charge is 0.308 e. The van der Waals surface area contributed by atoms with Crippen molar-refractivity contribution in [2.75, 3.05) is 13.1 Å². The molecule has 2 heterocycles. The molecule has 1 aromatic rings. The number of likely N-dealkylation sites (tertiary alicyclic amines) is 1. The monoisotopic (exact) mass is 296 g/mol. The normalized spacial score (nSPS) is 21.5. The number of carbonyl (C=O) groups excluding carboxylic acids is 1. The summed E-state index contributed by atoms with van der Waals surface area (Å²) in [6.07, 6.45) is 2.53. The number of amides is 1. The Morgan fingerprint density at radius 3 is 2.76 bits per heavy atom. The van der Waals surface area contributed by atoms with Gasteiger partial charge in [-0.25, -0.2) is 0 Å². The van der Waals surface area contributed by atoms with Crippen LogP contribution in [0.2, 0.25) is 0 Å². The number of carboxylic acids is 1. The van der Waals surface area contributed by atoms with E-state index in [9.17, 15) is 19.7 Å². The minimum atomic E-state index is -0.888. The number of nitro groups is 1. The van der Waals surface area contributed by atoms with Crippen LogP contribution in [0.15, 0.2) is 12.4 Å². The van der Waals surface area contributed by atoms with Crippen molar-refractivity contribution in [1.82, 2.24) is 14.7 Å². The second-order valence-electron chi connectivity index (χ2n) is 5.19. The molecule has 0 unspecified atom stereocenters. The van der Waals surface area contributed by atoms with Gasteiger partial charge in [-0.2, -0.15) is 5.10 Å². The number of rotatable bonds is 5. The van der Waals surface area contributed by atoms with Crippen LogP contribution < -0.4 is 0 Å². The summed E-state index contributed by atoms with van der Waals surface area (Å²) in [4.78, 5) is 34.5. The Morgan fingerprint density at radius 2 is 2.24 bits per heavy atom.